The number of methoxy groups -OCH3 is 2. The Morgan fingerprint density at radius 2 is 1.95 bits per heavy atom. The Morgan fingerprint density at radius 3 is 2.55 bits per heavy atom. The molecular formula is C15H24N2O4S. The van der Waals surface area contributed by atoms with E-state index in [9.17, 15) is 8.42 Å². The van der Waals surface area contributed by atoms with Gasteiger partial charge in [-0.3, -0.25) is 0 Å². The lowest BCUT2D eigenvalue weighted by molar-refractivity contribution is 0.192. The topological polar surface area (TPSA) is 81.9 Å². The highest BCUT2D eigenvalue weighted by Gasteiger charge is 2.36. The van der Waals surface area contributed by atoms with E-state index in [0.717, 1.165) is 12.8 Å². The van der Waals surface area contributed by atoms with Crippen LogP contribution in [0.25, 0.3) is 0 Å². The molecule has 6 nitrogen and oxygen atoms in total. The second-order valence-corrected chi connectivity index (χ2v) is 7.45. The summed E-state index contributed by atoms with van der Waals surface area (Å²) in [4.78, 5) is 0.206. The van der Waals surface area contributed by atoms with Gasteiger partial charge in [0, 0.05) is 25.2 Å². The minimum Gasteiger partial charge on any atom is -0.493 e. The van der Waals surface area contributed by atoms with Gasteiger partial charge in [0.25, 0.3) is 0 Å². The molecule has 1 aliphatic rings. The maximum absolute atomic E-state index is 12.9. The average molecular weight is 328 g/mol. The summed E-state index contributed by atoms with van der Waals surface area (Å²) in [6.45, 7) is 2.88. The summed E-state index contributed by atoms with van der Waals surface area (Å²) in [5, 5.41) is 0. The van der Waals surface area contributed by atoms with Gasteiger partial charge >= 0.3 is 0 Å². The second-order valence-electron chi connectivity index (χ2n) is 5.56. The normalized spacial score (nSPS) is 23.3. The third-order valence-electron chi connectivity index (χ3n) is 4.27. The summed E-state index contributed by atoms with van der Waals surface area (Å²) in [6.07, 6.45) is 1.85. The van der Waals surface area contributed by atoms with Gasteiger partial charge in [0.2, 0.25) is 10.0 Å². The smallest absolute Gasteiger partial charge is 0.243 e. The highest BCUT2D eigenvalue weighted by molar-refractivity contribution is 7.89. The van der Waals surface area contributed by atoms with Crippen molar-refractivity contribution in [1.82, 2.24) is 4.31 Å². The molecule has 0 unspecified atom stereocenters. The molecule has 1 aromatic rings. The predicted molar refractivity (Wildman–Crippen MR) is 84.7 cm³/mol. The summed E-state index contributed by atoms with van der Waals surface area (Å²) in [7, 11) is -0.593. The van der Waals surface area contributed by atoms with Crippen molar-refractivity contribution in [2.24, 2.45) is 11.7 Å². The van der Waals surface area contributed by atoms with Crippen molar-refractivity contribution in [3.8, 4) is 11.5 Å². The third kappa shape index (κ3) is 3.06. The number of sulfonamides is 1. The Balaban J connectivity index is 2.41. The summed E-state index contributed by atoms with van der Waals surface area (Å²) in [6, 6.07) is 4.49. The van der Waals surface area contributed by atoms with Gasteiger partial charge in [-0.1, -0.05) is 6.92 Å². The van der Waals surface area contributed by atoms with Gasteiger partial charge < -0.3 is 15.2 Å². The van der Waals surface area contributed by atoms with Crippen molar-refractivity contribution >= 4 is 10.0 Å². The first-order valence-electron chi connectivity index (χ1n) is 7.39. The Kier molecular flexibility index (Phi) is 5.31. The van der Waals surface area contributed by atoms with Crippen LogP contribution in [0, 0.1) is 5.92 Å². The SMILES string of the molecule is COc1ccc(S(=O)(=O)N2CCC[C@@H](C)[C@@H]2CN)cc1OC. The fraction of sp³-hybridized carbons (Fsp3) is 0.600. The van der Waals surface area contributed by atoms with Crippen molar-refractivity contribution in [2.45, 2.75) is 30.7 Å². The van der Waals surface area contributed by atoms with Crippen LogP contribution in [-0.4, -0.2) is 46.1 Å². The van der Waals surface area contributed by atoms with Crippen LogP contribution in [0.4, 0.5) is 0 Å². The lowest BCUT2D eigenvalue weighted by atomic mass is 9.93. The van der Waals surface area contributed by atoms with Crippen LogP contribution in [0.2, 0.25) is 0 Å². The van der Waals surface area contributed by atoms with Crippen LogP contribution in [0.1, 0.15) is 19.8 Å². The zero-order valence-corrected chi connectivity index (χ0v) is 14.1. The maximum Gasteiger partial charge on any atom is 0.243 e. The molecule has 0 radical (unpaired) electrons. The molecule has 0 amide bonds. The quantitative estimate of drug-likeness (QED) is 0.885. The van der Waals surface area contributed by atoms with E-state index >= 15 is 0 Å². The average Bonchev–Trinajstić information content (AvgIpc) is 2.53. The van der Waals surface area contributed by atoms with Gasteiger partial charge in [0.1, 0.15) is 0 Å². The second kappa shape index (κ2) is 6.85. The fourth-order valence-corrected chi connectivity index (χ4v) is 4.76. The van der Waals surface area contributed by atoms with E-state index in [4.69, 9.17) is 15.2 Å². The first kappa shape index (κ1) is 17.1. The van der Waals surface area contributed by atoms with Crippen LogP contribution in [0.3, 0.4) is 0 Å². The Morgan fingerprint density at radius 1 is 1.27 bits per heavy atom. The predicted octanol–water partition coefficient (Wildman–Crippen LogP) is 1.45. The Labute approximate surface area is 132 Å². The van der Waals surface area contributed by atoms with E-state index in [0.29, 0.717) is 24.6 Å². The van der Waals surface area contributed by atoms with Gasteiger partial charge in [0.15, 0.2) is 11.5 Å². The van der Waals surface area contributed by atoms with Crippen molar-refractivity contribution in [1.29, 1.82) is 0 Å². The number of benzene rings is 1. The molecule has 2 atom stereocenters. The third-order valence-corrected chi connectivity index (χ3v) is 6.19. The number of nitrogens with zero attached hydrogens (tertiary/aromatic N) is 1. The fourth-order valence-electron chi connectivity index (χ4n) is 2.97. The molecule has 124 valence electrons. The Bertz CT molecular complexity index is 618. The summed E-state index contributed by atoms with van der Waals surface area (Å²) < 4.78 is 37.8. The van der Waals surface area contributed by atoms with Crippen molar-refractivity contribution in [3.63, 3.8) is 0 Å². The lowest BCUT2D eigenvalue weighted by Crippen LogP contribution is -2.51. The molecule has 0 saturated carbocycles. The summed E-state index contributed by atoms with van der Waals surface area (Å²) in [5.41, 5.74) is 5.81. The van der Waals surface area contributed by atoms with Crippen LogP contribution in [0.5, 0.6) is 11.5 Å². The van der Waals surface area contributed by atoms with E-state index in [1.807, 2.05) is 6.92 Å². The zero-order chi connectivity index (χ0) is 16.3. The summed E-state index contributed by atoms with van der Waals surface area (Å²) in [5.74, 6) is 1.16. The van der Waals surface area contributed by atoms with E-state index < -0.39 is 10.0 Å². The highest BCUT2D eigenvalue weighted by atomic mass is 32.2. The molecule has 1 heterocycles. The molecule has 1 saturated heterocycles. The van der Waals surface area contributed by atoms with Crippen LogP contribution in [-0.2, 0) is 10.0 Å². The van der Waals surface area contributed by atoms with Crippen molar-refractivity contribution in [2.75, 3.05) is 27.3 Å². The van der Waals surface area contributed by atoms with E-state index in [1.54, 1.807) is 12.1 Å². The first-order chi connectivity index (χ1) is 10.5. The number of hydrogen-bond acceptors (Lipinski definition) is 5. The molecule has 22 heavy (non-hydrogen) atoms. The van der Waals surface area contributed by atoms with E-state index in [1.165, 1.54) is 24.6 Å². The van der Waals surface area contributed by atoms with E-state index in [-0.39, 0.29) is 16.9 Å². The van der Waals surface area contributed by atoms with E-state index in [2.05, 4.69) is 0 Å². The number of nitrogens with two attached hydrogens (primary N) is 1. The van der Waals surface area contributed by atoms with Gasteiger partial charge in [-0.15, -0.1) is 0 Å². The van der Waals surface area contributed by atoms with Gasteiger partial charge in [0.05, 0.1) is 19.1 Å². The molecule has 0 aromatic heterocycles. The van der Waals surface area contributed by atoms with Crippen molar-refractivity contribution < 1.29 is 17.9 Å². The molecule has 2 N–H and O–H groups in total. The lowest BCUT2D eigenvalue weighted by Gasteiger charge is -2.38. The maximum atomic E-state index is 12.9. The van der Waals surface area contributed by atoms with Crippen molar-refractivity contribution in [3.05, 3.63) is 18.2 Å². The molecular weight excluding hydrogens is 304 g/mol. The van der Waals surface area contributed by atoms with Gasteiger partial charge in [-0.25, -0.2) is 8.42 Å². The summed E-state index contributed by atoms with van der Waals surface area (Å²) >= 11 is 0. The number of rotatable bonds is 5. The van der Waals surface area contributed by atoms with Crippen LogP contribution < -0.4 is 15.2 Å². The molecule has 1 fully saturated rings. The molecule has 7 heteroatoms. The van der Waals surface area contributed by atoms with Gasteiger partial charge in [-0.05, 0) is 30.9 Å². The molecule has 1 aromatic carbocycles. The largest absolute Gasteiger partial charge is 0.493 e. The molecule has 0 aliphatic carbocycles. The Hall–Kier alpha value is -1.31. The molecule has 1 aliphatic heterocycles. The van der Waals surface area contributed by atoms with Crippen LogP contribution >= 0.6 is 0 Å². The van der Waals surface area contributed by atoms with Crippen LogP contribution in [0.15, 0.2) is 23.1 Å². The molecule has 0 spiro atoms. The minimum atomic E-state index is -3.60. The molecule has 0 bridgehead atoms. The minimum absolute atomic E-state index is 0.160. The highest BCUT2D eigenvalue weighted by Crippen LogP contribution is 2.33. The molecule has 2 rings (SSSR count). The zero-order valence-electron chi connectivity index (χ0n) is 13.3. The number of piperidine rings is 1. The number of hydrogen-bond donors (Lipinski definition) is 1. The first-order valence-corrected chi connectivity index (χ1v) is 8.83. The standard InChI is InChI=1S/C15H24N2O4S/c1-11-5-4-8-17(13(11)10-16)22(18,19)12-6-7-14(20-2)15(9-12)21-3/h6-7,9,11,13H,4-5,8,10,16H2,1-3H3/t11-,13+/m1/s1. The van der Waals surface area contributed by atoms with Gasteiger partial charge in [-0.2, -0.15) is 4.31 Å². The number of ether oxygens (including phenoxy) is 2. The monoisotopic (exact) mass is 328 g/mol.